The third-order valence-electron chi connectivity index (χ3n) is 5.20. The van der Waals surface area contributed by atoms with Gasteiger partial charge < -0.3 is 0 Å². The number of aromatic nitrogens is 3. The molecule has 7 heteroatoms. The number of anilines is 1. The summed E-state index contributed by atoms with van der Waals surface area (Å²) in [5, 5.41) is 5.69. The molecule has 2 aromatic heterocycles. The largest absolute Gasteiger partial charge is 0.276 e. The third kappa shape index (κ3) is 3.74. The summed E-state index contributed by atoms with van der Waals surface area (Å²) >= 11 is 0. The van der Waals surface area contributed by atoms with Crippen LogP contribution in [-0.4, -0.2) is 23.2 Å². The van der Waals surface area contributed by atoms with Crippen LogP contribution < -0.4 is 4.72 Å². The van der Waals surface area contributed by atoms with Crippen LogP contribution >= 0.6 is 0 Å². The van der Waals surface area contributed by atoms with Crippen LogP contribution in [0.25, 0.3) is 27.8 Å². The maximum atomic E-state index is 13.1. The van der Waals surface area contributed by atoms with Crippen molar-refractivity contribution in [1.29, 1.82) is 0 Å². The van der Waals surface area contributed by atoms with Gasteiger partial charge in [0, 0.05) is 17.1 Å². The Morgan fingerprint density at radius 1 is 0.844 bits per heavy atom. The van der Waals surface area contributed by atoms with Crippen LogP contribution in [0.4, 0.5) is 5.69 Å². The molecule has 0 amide bonds. The number of nitrogens with one attached hydrogen (secondary N) is 1. The van der Waals surface area contributed by atoms with E-state index in [1.54, 1.807) is 41.3 Å². The highest BCUT2D eigenvalue weighted by Gasteiger charge is 2.21. The van der Waals surface area contributed by atoms with Crippen molar-refractivity contribution in [1.82, 2.24) is 14.8 Å². The van der Waals surface area contributed by atoms with Crippen LogP contribution in [0.1, 0.15) is 5.56 Å². The molecule has 6 nitrogen and oxygen atoms in total. The minimum absolute atomic E-state index is 0.192. The molecule has 0 bridgehead atoms. The predicted molar refractivity (Wildman–Crippen MR) is 126 cm³/mol. The molecule has 5 aromatic rings. The number of fused-ring (bicyclic) bond motifs is 1. The van der Waals surface area contributed by atoms with E-state index in [1.165, 1.54) is 0 Å². The summed E-state index contributed by atoms with van der Waals surface area (Å²) in [6.07, 6.45) is 3.41. The van der Waals surface area contributed by atoms with E-state index in [0.29, 0.717) is 11.4 Å². The van der Waals surface area contributed by atoms with Crippen molar-refractivity contribution in [2.45, 2.75) is 11.8 Å². The number of hydrogen-bond donors (Lipinski definition) is 1. The average molecular weight is 441 g/mol. The number of hydrogen-bond acceptors (Lipinski definition) is 4. The lowest BCUT2D eigenvalue weighted by Gasteiger charge is -2.09. The normalized spacial score (nSPS) is 11.5. The molecule has 3 aromatic carbocycles. The van der Waals surface area contributed by atoms with Gasteiger partial charge in [-0.25, -0.2) is 13.1 Å². The summed E-state index contributed by atoms with van der Waals surface area (Å²) in [5.74, 6) is 0. The number of sulfonamides is 1. The van der Waals surface area contributed by atoms with Crippen LogP contribution in [0.5, 0.6) is 0 Å². The molecule has 0 saturated carbocycles. The first kappa shape index (κ1) is 20.0. The molecule has 158 valence electrons. The van der Waals surface area contributed by atoms with Crippen molar-refractivity contribution in [3.63, 3.8) is 0 Å². The summed E-state index contributed by atoms with van der Waals surface area (Å²) in [4.78, 5) is 4.71. The predicted octanol–water partition coefficient (Wildman–Crippen LogP) is 5.20. The Balaban J connectivity index is 1.67. The molecule has 32 heavy (non-hydrogen) atoms. The third-order valence-corrected chi connectivity index (χ3v) is 6.58. The first-order valence-corrected chi connectivity index (χ1v) is 11.6. The molecule has 0 spiro atoms. The molecule has 2 heterocycles. The van der Waals surface area contributed by atoms with Gasteiger partial charge in [0.25, 0.3) is 10.0 Å². The van der Waals surface area contributed by atoms with Crippen LogP contribution in [0.2, 0.25) is 0 Å². The molecule has 0 aliphatic carbocycles. The maximum absolute atomic E-state index is 13.1. The Morgan fingerprint density at radius 2 is 1.59 bits per heavy atom. The van der Waals surface area contributed by atoms with Gasteiger partial charge in [0.05, 0.1) is 28.0 Å². The number of nitrogens with zero attached hydrogens (tertiary/aromatic N) is 3. The Labute approximate surface area is 186 Å². The molecule has 0 aliphatic rings. The molecule has 0 aliphatic heterocycles. The molecule has 0 unspecified atom stereocenters. The zero-order valence-corrected chi connectivity index (χ0v) is 18.1. The quantitative estimate of drug-likeness (QED) is 0.408. The summed E-state index contributed by atoms with van der Waals surface area (Å²) in [5.41, 5.74) is 4.20. The molecular weight excluding hydrogens is 420 g/mol. The SMILES string of the molecule is Cc1ccc(S(=O)(=O)Nc2cn(-c3ccccc3)nc2-c2cccc3cccnc23)cc1. The number of aryl methyl sites for hydroxylation is 1. The molecule has 0 radical (unpaired) electrons. The van der Waals surface area contributed by atoms with E-state index < -0.39 is 10.0 Å². The van der Waals surface area contributed by atoms with Crippen molar-refractivity contribution in [2.75, 3.05) is 4.72 Å². The monoisotopic (exact) mass is 440 g/mol. The molecule has 0 atom stereocenters. The van der Waals surface area contributed by atoms with Crippen LogP contribution in [-0.2, 0) is 10.0 Å². The van der Waals surface area contributed by atoms with E-state index in [4.69, 9.17) is 5.10 Å². The fraction of sp³-hybridized carbons (Fsp3) is 0.0400. The highest BCUT2D eigenvalue weighted by Crippen LogP contribution is 2.33. The minimum Gasteiger partial charge on any atom is -0.276 e. The van der Waals surface area contributed by atoms with Crippen LogP contribution in [0.15, 0.2) is 102 Å². The summed E-state index contributed by atoms with van der Waals surface area (Å²) in [6, 6.07) is 25.9. The highest BCUT2D eigenvalue weighted by molar-refractivity contribution is 7.92. The number of pyridine rings is 1. The van der Waals surface area contributed by atoms with E-state index in [1.807, 2.05) is 67.6 Å². The molecule has 0 saturated heterocycles. The van der Waals surface area contributed by atoms with Gasteiger partial charge in [0.1, 0.15) is 5.69 Å². The minimum atomic E-state index is -3.81. The van der Waals surface area contributed by atoms with Crippen LogP contribution in [0, 0.1) is 6.92 Å². The maximum Gasteiger partial charge on any atom is 0.262 e. The lowest BCUT2D eigenvalue weighted by Crippen LogP contribution is -2.13. The Morgan fingerprint density at radius 3 is 2.38 bits per heavy atom. The smallest absolute Gasteiger partial charge is 0.262 e. The summed E-state index contributed by atoms with van der Waals surface area (Å²) < 4.78 is 30.7. The Bertz CT molecular complexity index is 1500. The van der Waals surface area contributed by atoms with Crippen molar-refractivity contribution in [2.24, 2.45) is 0 Å². The van der Waals surface area contributed by atoms with Gasteiger partial charge in [0.2, 0.25) is 0 Å². The first-order valence-electron chi connectivity index (χ1n) is 10.1. The molecular formula is C25H20N4O2S. The van der Waals surface area contributed by atoms with Gasteiger partial charge in [-0.2, -0.15) is 5.10 Å². The van der Waals surface area contributed by atoms with Gasteiger partial charge in [-0.3, -0.25) is 9.71 Å². The van der Waals surface area contributed by atoms with E-state index in [0.717, 1.165) is 27.7 Å². The second kappa shape index (κ2) is 7.94. The van der Waals surface area contributed by atoms with E-state index >= 15 is 0 Å². The summed E-state index contributed by atoms with van der Waals surface area (Å²) in [6.45, 7) is 1.92. The number of rotatable bonds is 5. The Hall–Kier alpha value is -3.97. The fourth-order valence-electron chi connectivity index (χ4n) is 3.58. The van der Waals surface area contributed by atoms with Crippen LogP contribution in [0.3, 0.4) is 0 Å². The molecule has 0 fully saturated rings. The molecule has 5 rings (SSSR count). The topological polar surface area (TPSA) is 76.9 Å². The summed E-state index contributed by atoms with van der Waals surface area (Å²) in [7, 11) is -3.81. The lowest BCUT2D eigenvalue weighted by molar-refractivity contribution is 0.601. The van der Waals surface area contributed by atoms with Gasteiger partial charge in [-0.05, 0) is 37.3 Å². The second-order valence-electron chi connectivity index (χ2n) is 7.47. The average Bonchev–Trinajstić information content (AvgIpc) is 3.22. The zero-order valence-electron chi connectivity index (χ0n) is 17.3. The highest BCUT2D eigenvalue weighted by atomic mass is 32.2. The van der Waals surface area contributed by atoms with Crippen molar-refractivity contribution in [3.05, 3.63) is 103 Å². The van der Waals surface area contributed by atoms with E-state index in [9.17, 15) is 8.42 Å². The van der Waals surface area contributed by atoms with E-state index in [2.05, 4.69) is 9.71 Å². The van der Waals surface area contributed by atoms with E-state index in [-0.39, 0.29) is 4.90 Å². The van der Waals surface area contributed by atoms with Gasteiger partial charge in [-0.1, -0.05) is 60.2 Å². The fourth-order valence-corrected chi connectivity index (χ4v) is 4.63. The number of benzene rings is 3. The van der Waals surface area contributed by atoms with Gasteiger partial charge in [-0.15, -0.1) is 0 Å². The second-order valence-corrected chi connectivity index (χ2v) is 9.15. The van der Waals surface area contributed by atoms with Crippen molar-refractivity contribution < 1.29 is 8.42 Å². The number of para-hydroxylation sites is 2. The first-order chi connectivity index (χ1) is 15.5. The van der Waals surface area contributed by atoms with Gasteiger partial charge in [0.15, 0.2) is 0 Å². The van der Waals surface area contributed by atoms with Gasteiger partial charge >= 0.3 is 0 Å². The zero-order chi connectivity index (χ0) is 22.1. The lowest BCUT2D eigenvalue weighted by atomic mass is 10.1. The van der Waals surface area contributed by atoms with Crippen molar-refractivity contribution in [3.8, 4) is 16.9 Å². The van der Waals surface area contributed by atoms with Crippen molar-refractivity contribution >= 4 is 26.6 Å². The Kier molecular flexibility index (Phi) is 4.95. The molecule has 1 N–H and O–H groups in total. The standard InChI is InChI=1S/C25H20N4O2S/c1-18-12-14-21(15-13-18)32(30,31)28-23-17-29(20-9-3-2-4-10-20)27-25(23)22-11-5-7-19-8-6-16-26-24(19)22/h2-17,28H,1H3.